The second-order valence-corrected chi connectivity index (χ2v) is 8.90. The van der Waals surface area contributed by atoms with Crippen LogP contribution in [-0.2, 0) is 22.4 Å². The second-order valence-electron chi connectivity index (χ2n) is 7.45. The summed E-state index contributed by atoms with van der Waals surface area (Å²) in [5, 5.41) is 3.30. The Bertz CT molecular complexity index is 1120. The number of nitrogens with one attached hydrogen (secondary N) is 1. The average molecular weight is 438 g/mol. The van der Waals surface area contributed by atoms with Gasteiger partial charge in [0.25, 0.3) is 10.1 Å². The molecule has 0 spiro atoms. The summed E-state index contributed by atoms with van der Waals surface area (Å²) in [5.74, 6) is -0.368. The van der Waals surface area contributed by atoms with Gasteiger partial charge in [-0.2, -0.15) is 8.42 Å². The highest BCUT2D eigenvalue weighted by molar-refractivity contribution is 7.85. The van der Waals surface area contributed by atoms with Crippen LogP contribution in [0.2, 0.25) is 0 Å². The molecule has 0 aliphatic heterocycles. The number of nitrogens with zero attached hydrogens (tertiary/aromatic N) is 1. The van der Waals surface area contributed by atoms with E-state index in [0.29, 0.717) is 12.1 Å². The Morgan fingerprint density at radius 1 is 0.968 bits per heavy atom. The van der Waals surface area contributed by atoms with Crippen molar-refractivity contribution in [1.82, 2.24) is 0 Å². The van der Waals surface area contributed by atoms with Gasteiger partial charge in [-0.15, -0.1) is 0 Å². The maximum absolute atomic E-state index is 11.2. The smallest absolute Gasteiger partial charge is 0.269 e. The Morgan fingerprint density at radius 3 is 2.26 bits per heavy atom. The van der Waals surface area contributed by atoms with Gasteiger partial charge in [0.2, 0.25) is 0 Å². The fourth-order valence-electron chi connectivity index (χ4n) is 3.51. The maximum Gasteiger partial charge on any atom is 0.269 e. The van der Waals surface area contributed by atoms with E-state index in [1.807, 2.05) is 18.2 Å². The summed E-state index contributed by atoms with van der Waals surface area (Å²) >= 11 is 0. The van der Waals surface area contributed by atoms with Crippen LogP contribution in [0.3, 0.4) is 0 Å². The monoisotopic (exact) mass is 437 g/mol. The van der Waals surface area contributed by atoms with Crippen molar-refractivity contribution in [2.24, 2.45) is 0 Å². The molecular formula is C25H29N2O3S+. The van der Waals surface area contributed by atoms with Gasteiger partial charge < -0.3 is 5.32 Å². The lowest BCUT2D eigenvalue weighted by Gasteiger charge is -2.09. The largest absolute Gasteiger partial charge is 0.385 e. The molecule has 0 saturated carbocycles. The zero-order chi connectivity index (χ0) is 22.3. The molecule has 0 unspecified atom stereocenters. The van der Waals surface area contributed by atoms with Crippen molar-refractivity contribution >= 4 is 27.6 Å². The van der Waals surface area contributed by atoms with E-state index in [1.54, 1.807) is 6.07 Å². The van der Waals surface area contributed by atoms with Gasteiger partial charge in [-0.25, -0.2) is 4.58 Å². The molecule has 5 nitrogen and oxygen atoms in total. The highest BCUT2D eigenvalue weighted by Crippen LogP contribution is 2.16. The van der Waals surface area contributed by atoms with E-state index in [1.165, 1.54) is 0 Å². The molecule has 162 valence electrons. The van der Waals surface area contributed by atoms with Crippen LogP contribution in [0.25, 0.3) is 6.08 Å². The third-order valence-electron chi connectivity index (χ3n) is 4.98. The van der Waals surface area contributed by atoms with Gasteiger partial charge >= 0.3 is 0 Å². The van der Waals surface area contributed by atoms with Gasteiger partial charge in [0.15, 0.2) is 12.3 Å². The molecular weight excluding hydrogens is 408 g/mol. The summed E-state index contributed by atoms with van der Waals surface area (Å²) in [6.45, 7) is 6.55. The van der Waals surface area contributed by atoms with Crippen molar-refractivity contribution in [3.05, 3.63) is 95.1 Å². The third-order valence-corrected chi connectivity index (χ3v) is 5.68. The molecule has 31 heavy (non-hydrogen) atoms. The topological polar surface area (TPSA) is 69.4 Å². The Hall–Kier alpha value is -2.96. The minimum Gasteiger partial charge on any atom is -0.385 e. The zero-order valence-corrected chi connectivity index (χ0v) is 18.8. The number of hydrogen-bond donors (Lipinski definition) is 2. The van der Waals surface area contributed by atoms with E-state index in [4.69, 9.17) is 4.55 Å². The van der Waals surface area contributed by atoms with Crippen molar-refractivity contribution < 1.29 is 17.5 Å². The van der Waals surface area contributed by atoms with E-state index < -0.39 is 10.1 Å². The molecule has 0 atom stereocenters. The molecule has 0 amide bonds. The first kappa shape index (κ1) is 22.7. The van der Waals surface area contributed by atoms with E-state index in [2.05, 4.69) is 78.4 Å². The molecule has 0 bridgehead atoms. The number of rotatable bonds is 8. The number of allylic oxidation sites excluding steroid dienone is 5. The minimum atomic E-state index is -4.04. The van der Waals surface area contributed by atoms with Gasteiger partial charge in [0.05, 0.1) is 0 Å². The van der Waals surface area contributed by atoms with Crippen molar-refractivity contribution in [3.63, 3.8) is 0 Å². The molecule has 3 rings (SSSR count). The van der Waals surface area contributed by atoms with E-state index in [9.17, 15) is 8.42 Å². The standard InChI is InChI=1S/C25H28N2O3S/c1-3-26-24-12-8-20(9-13-24)16-21-10-14-25(15-11-21)27(4-2)18-22-6-5-7-23(17-22)19-31(28,29)30/h5-17H,3-4,18-19H2,1-2H3,(H,28,29,30)/p+1. The Labute approximate surface area is 184 Å². The molecule has 0 aromatic heterocycles. The molecule has 2 N–H and O–H groups in total. The fourth-order valence-corrected chi connectivity index (χ4v) is 4.11. The summed E-state index contributed by atoms with van der Waals surface area (Å²) < 4.78 is 33.6. The van der Waals surface area contributed by atoms with Crippen molar-refractivity contribution in [2.75, 3.05) is 18.4 Å². The third kappa shape index (κ3) is 7.05. The Kier molecular flexibility index (Phi) is 7.60. The molecule has 1 aliphatic carbocycles. The van der Waals surface area contributed by atoms with Crippen LogP contribution < -0.4 is 5.32 Å². The second kappa shape index (κ2) is 10.4. The molecule has 0 saturated heterocycles. The lowest BCUT2D eigenvalue weighted by atomic mass is 10.0. The number of anilines is 1. The van der Waals surface area contributed by atoms with Crippen molar-refractivity contribution in [1.29, 1.82) is 0 Å². The summed E-state index contributed by atoms with van der Waals surface area (Å²) in [6.07, 6.45) is 10.6. The van der Waals surface area contributed by atoms with Crippen molar-refractivity contribution in [2.45, 2.75) is 26.1 Å². The SMILES string of the molecule is CCNc1ccc(C=C2C=CC(=[N+](CC)Cc3cccc(CS(=O)(=O)O)c3)C=C2)cc1. The predicted molar refractivity (Wildman–Crippen MR) is 128 cm³/mol. The van der Waals surface area contributed by atoms with Crippen LogP contribution in [-0.4, -0.2) is 36.3 Å². The van der Waals surface area contributed by atoms with Gasteiger partial charge in [-0.3, -0.25) is 4.55 Å². The quantitative estimate of drug-likeness (QED) is 0.464. The summed E-state index contributed by atoms with van der Waals surface area (Å²) in [6, 6.07) is 15.7. The highest BCUT2D eigenvalue weighted by atomic mass is 32.2. The van der Waals surface area contributed by atoms with Gasteiger partial charge in [0, 0.05) is 29.9 Å². The van der Waals surface area contributed by atoms with Gasteiger partial charge in [-0.05, 0) is 67.0 Å². The zero-order valence-electron chi connectivity index (χ0n) is 18.0. The summed E-state index contributed by atoms with van der Waals surface area (Å²) in [7, 11) is -4.04. The molecule has 1 aliphatic rings. The van der Waals surface area contributed by atoms with Crippen LogP contribution in [0.5, 0.6) is 0 Å². The van der Waals surface area contributed by atoms with Crippen LogP contribution in [0.4, 0.5) is 5.69 Å². The van der Waals surface area contributed by atoms with Gasteiger partial charge in [0.1, 0.15) is 12.3 Å². The molecule has 6 heteroatoms. The highest BCUT2D eigenvalue weighted by Gasteiger charge is 2.13. The van der Waals surface area contributed by atoms with Crippen LogP contribution >= 0.6 is 0 Å². The van der Waals surface area contributed by atoms with Crippen LogP contribution in [0.15, 0.2) is 78.4 Å². The normalized spacial score (nSPS) is 13.4. The number of benzene rings is 2. The Morgan fingerprint density at radius 2 is 1.65 bits per heavy atom. The van der Waals surface area contributed by atoms with Crippen LogP contribution in [0.1, 0.15) is 30.5 Å². The first-order chi connectivity index (χ1) is 14.9. The predicted octanol–water partition coefficient (Wildman–Crippen LogP) is 4.69. The first-order valence-electron chi connectivity index (χ1n) is 10.4. The number of hydrogen-bond acceptors (Lipinski definition) is 3. The van der Waals surface area contributed by atoms with Crippen molar-refractivity contribution in [3.8, 4) is 0 Å². The van der Waals surface area contributed by atoms with E-state index >= 15 is 0 Å². The molecule has 0 fully saturated rings. The molecule has 2 aromatic rings. The van der Waals surface area contributed by atoms with Gasteiger partial charge in [-0.1, -0.05) is 30.3 Å². The summed E-state index contributed by atoms with van der Waals surface area (Å²) in [4.78, 5) is 0. The molecule has 0 heterocycles. The fraction of sp³-hybridized carbons (Fsp3) is 0.240. The Balaban J connectivity index is 1.74. The minimum absolute atomic E-state index is 0.368. The molecule has 0 radical (unpaired) electrons. The van der Waals surface area contributed by atoms with E-state index in [0.717, 1.165) is 41.2 Å². The lowest BCUT2D eigenvalue weighted by molar-refractivity contribution is -0.539. The molecule has 2 aromatic carbocycles. The average Bonchev–Trinajstić information content (AvgIpc) is 2.73. The first-order valence-corrected chi connectivity index (χ1v) is 12.0. The lowest BCUT2D eigenvalue weighted by Crippen LogP contribution is -2.19. The maximum atomic E-state index is 11.2. The van der Waals surface area contributed by atoms with Crippen LogP contribution in [0, 0.1) is 0 Å². The van der Waals surface area contributed by atoms with E-state index in [-0.39, 0.29) is 5.75 Å². The summed E-state index contributed by atoms with van der Waals surface area (Å²) in [5.41, 5.74) is 6.08.